The predicted molar refractivity (Wildman–Crippen MR) is 148 cm³/mol. The van der Waals surface area contributed by atoms with E-state index in [4.69, 9.17) is 9.47 Å². The van der Waals surface area contributed by atoms with Crippen LogP contribution in [0.25, 0.3) is 5.76 Å². The molecule has 1 amide bonds. The summed E-state index contributed by atoms with van der Waals surface area (Å²) in [5.41, 5.74) is 2.91. The van der Waals surface area contributed by atoms with Gasteiger partial charge in [-0.25, -0.2) is 4.98 Å². The van der Waals surface area contributed by atoms with Crippen LogP contribution < -0.4 is 14.4 Å². The number of aliphatic hydroxyl groups excluding tert-OH is 1. The van der Waals surface area contributed by atoms with Crippen molar-refractivity contribution in [2.45, 2.75) is 26.5 Å². The number of aromatic nitrogens is 1. The highest BCUT2D eigenvalue weighted by atomic mass is 32.1. The second kappa shape index (κ2) is 11.0. The summed E-state index contributed by atoms with van der Waals surface area (Å²) in [4.78, 5) is 32.0. The van der Waals surface area contributed by atoms with Crippen molar-refractivity contribution < 1.29 is 29.3 Å². The van der Waals surface area contributed by atoms with Gasteiger partial charge < -0.3 is 19.7 Å². The largest absolute Gasteiger partial charge is 0.507 e. The minimum Gasteiger partial charge on any atom is -0.507 e. The molecule has 1 aliphatic heterocycles. The van der Waals surface area contributed by atoms with Crippen LogP contribution in [0.5, 0.6) is 17.2 Å². The van der Waals surface area contributed by atoms with E-state index in [0.717, 1.165) is 11.1 Å². The third-order valence-corrected chi connectivity index (χ3v) is 7.06. The number of amides is 1. The SMILES string of the molecule is CCOc1cc([C@H]2C(=C(O)c3ccc(OCc4cccc(C)c4)cc3)C(=O)C(=O)N2c2nccs2)ccc1O. The number of aliphatic hydroxyl groups is 1. The number of aromatic hydroxyl groups is 1. The Morgan fingerprint density at radius 2 is 1.85 bits per heavy atom. The van der Waals surface area contributed by atoms with Crippen molar-refractivity contribution in [1.82, 2.24) is 4.98 Å². The van der Waals surface area contributed by atoms with Gasteiger partial charge in [-0.3, -0.25) is 14.5 Å². The molecule has 0 unspecified atom stereocenters. The molecule has 0 aliphatic carbocycles. The minimum atomic E-state index is -0.979. The lowest BCUT2D eigenvalue weighted by Crippen LogP contribution is -2.29. The van der Waals surface area contributed by atoms with Gasteiger partial charge in [0.25, 0.3) is 5.78 Å². The lowest BCUT2D eigenvalue weighted by molar-refractivity contribution is -0.132. The standard InChI is InChI=1S/C30H26N2O6S/c1-3-37-24-16-21(9-12-23(24)33)26-25(28(35)29(36)32(26)30-31-13-14-39-30)27(34)20-7-10-22(11-8-20)38-17-19-6-4-5-18(2)15-19/h4-16,26,33-34H,3,17H2,1-2H3/t26-/m0/s1. The van der Waals surface area contributed by atoms with Crippen LogP contribution in [0.1, 0.15) is 35.2 Å². The number of aryl methyl sites for hydroxylation is 1. The highest BCUT2D eigenvalue weighted by molar-refractivity contribution is 7.14. The molecule has 8 nitrogen and oxygen atoms in total. The summed E-state index contributed by atoms with van der Waals surface area (Å²) in [6.45, 7) is 4.49. The highest BCUT2D eigenvalue weighted by Crippen LogP contribution is 2.44. The number of thiazole rings is 1. The molecule has 39 heavy (non-hydrogen) atoms. The smallest absolute Gasteiger partial charge is 0.301 e. The summed E-state index contributed by atoms with van der Waals surface area (Å²) < 4.78 is 11.4. The van der Waals surface area contributed by atoms with Crippen LogP contribution in [0.15, 0.2) is 83.9 Å². The Bertz CT molecular complexity index is 1550. The van der Waals surface area contributed by atoms with E-state index in [0.29, 0.717) is 35.2 Å². The molecule has 0 spiro atoms. The van der Waals surface area contributed by atoms with E-state index in [1.54, 1.807) is 48.7 Å². The third kappa shape index (κ3) is 5.21. The Hall–Kier alpha value is -4.63. The number of carbonyl (C=O) groups is 2. The Labute approximate surface area is 229 Å². The average molecular weight is 543 g/mol. The zero-order valence-electron chi connectivity index (χ0n) is 21.3. The van der Waals surface area contributed by atoms with Crippen LogP contribution in [-0.4, -0.2) is 33.5 Å². The van der Waals surface area contributed by atoms with Crippen LogP contribution >= 0.6 is 11.3 Å². The van der Waals surface area contributed by atoms with Crippen molar-refractivity contribution in [3.63, 3.8) is 0 Å². The minimum absolute atomic E-state index is 0.0759. The van der Waals surface area contributed by atoms with Crippen LogP contribution in [-0.2, 0) is 16.2 Å². The Morgan fingerprint density at radius 1 is 1.05 bits per heavy atom. The molecule has 4 aromatic rings. The first-order valence-electron chi connectivity index (χ1n) is 12.3. The number of carbonyl (C=O) groups excluding carboxylic acids is 2. The van der Waals surface area contributed by atoms with Gasteiger partial charge in [-0.2, -0.15) is 0 Å². The molecule has 1 aromatic heterocycles. The van der Waals surface area contributed by atoms with E-state index in [1.165, 1.54) is 28.5 Å². The summed E-state index contributed by atoms with van der Waals surface area (Å²) >= 11 is 1.20. The molecule has 0 bridgehead atoms. The van der Waals surface area contributed by atoms with Crippen molar-refractivity contribution in [3.8, 4) is 17.2 Å². The number of Topliss-reactive ketones (excluding diaryl/α,β-unsaturated/α-hetero) is 1. The molecule has 1 saturated heterocycles. The Morgan fingerprint density at radius 3 is 2.54 bits per heavy atom. The zero-order valence-corrected chi connectivity index (χ0v) is 22.1. The molecule has 198 valence electrons. The van der Waals surface area contributed by atoms with Gasteiger partial charge in [-0.05, 0) is 61.4 Å². The lowest BCUT2D eigenvalue weighted by atomic mass is 9.95. The van der Waals surface area contributed by atoms with Crippen LogP contribution in [0.4, 0.5) is 5.13 Å². The maximum Gasteiger partial charge on any atom is 0.301 e. The van der Waals surface area contributed by atoms with Gasteiger partial charge in [0.1, 0.15) is 18.1 Å². The molecule has 3 aromatic carbocycles. The summed E-state index contributed by atoms with van der Waals surface area (Å²) in [5, 5.41) is 23.6. The number of nitrogens with zero attached hydrogens (tertiary/aromatic N) is 2. The summed E-state index contributed by atoms with van der Waals surface area (Å²) in [7, 11) is 0. The first kappa shape index (κ1) is 26.0. The van der Waals surface area contributed by atoms with E-state index >= 15 is 0 Å². The second-order valence-electron chi connectivity index (χ2n) is 8.95. The van der Waals surface area contributed by atoms with Crippen molar-refractivity contribution in [2.24, 2.45) is 0 Å². The number of anilines is 1. The Kier molecular flexibility index (Phi) is 7.33. The lowest BCUT2D eigenvalue weighted by Gasteiger charge is -2.23. The Balaban J connectivity index is 1.52. The van der Waals surface area contributed by atoms with Gasteiger partial charge >= 0.3 is 5.91 Å². The van der Waals surface area contributed by atoms with Gasteiger partial charge in [0.2, 0.25) is 0 Å². The zero-order chi connectivity index (χ0) is 27.5. The van der Waals surface area contributed by atoms with Crippen molar-refractivity contribution in [1.29, 1.82) is 0 Å². The molecule has 0 saturated carbocycles. The van der Waals surface area contributed by atoms with Gasteiger partial charge in [-0.1, -0.05) is 35.9 Å². The first-order chi connectivity index (χ1) is 18.9. The number of ether oxygens (including phenoxy) is 2. The summed E-state index contributed by atoms with van der Waals surface area (Å²) in [5.74, 6) is -1.25. The molecule has 1 aliphatic rings. The molecular weight excluding hydrogens is 516 g/mol. The first-order valence-corrected chi connectivity index (χ1v) is 13.2. The fraction of sp³-hybridized carbons (Fsp3) is 0.167. The third-order valence-electron chi connectivity index (χ3n) is 6.28. The molecule has 2 heterocycles. The topological polar surface area (TPSA) is 109 Å². The van der Waals surface area contributed by atoms with E-state index in [2.05, 4.69) is 4.98 Å². The fourth-order valence-electron chi connectivity index (χ4n) is 4.49. The van der Waals surface area contributed by atoms with E-state index in [1.807, 2.05) is 31.2 Å². The van der Waals surface area contributed by atoms with Crippen LogP contribution in [0.2, 0.25) is 0 Å². The van der Waals surface area contributed by atoms with E-state index < -0.39 is 17.7 Å². The number of hydrogen-bond donors (Lipinski definition) is 2. The number of phenolic OH excluding ortho intramolecular Hbond substituents is 1. The van der Waals surface area contributed by atoms with E-state index in [-0.39, 0.29) is 22.8 Å². The molecule has 5 rings (SSSR count). The van der Waals surface area contributed by atoms with Crippen molar-refractivity contribution in [3.05, 3.63) is 106 Å². The number of benzene rings is 3. The molecular formula is C30H26N2O6S. The number of phenols is 1. The second-order valence-corrected chi connectivity index (χ2v) is 9.82. The van der Waals surface area contributed by atoms with Gasteiger partial charge in [0, 0.05) is 17.1 Å². The molecule has 0 radical (unpaired) electrons. The molecule has 2 N–H and O–H groups in total. The van der Waals surface area contributed by atoms with Gasteiger partial charge in [-0.15, -0.1) is 11.3 Å². The summed E-state index contributed by atoms with van der Waals surface area (Å²) in [6, 6.07) is 18.3. The van der Waals surface area contributed by atoms with Crippen LogP contribution in [0, 0.1) is 6.92 Å². The van der Waals surface area contributed by atoms with Crippen molar-refractivity contribution >= 4 is 33.9 Å². The predicted octanol–water partition coefficient (Wildman–Crippen LogP) is 5.76. The highest BCUT2D eigenvalue weighted by Gasteiger charge is 2.48. The van der Waals surface area contributed by atoms with Crippen molar-refractivity contribution in [2.75, 3.05) is 11.5 Å². The quantitative estimate of drug-likeness (QED) is 0.165. The number of hydrogen-bond acceptors (Lipinski definition) is 8. The average Bonchev–Trinajstić information content (AvgIpc) is 3.55. The molecule has 1 fully saturated rings. The fourth-order valence-corrected chi connectivity index (χ4v) is 5.15. The van der Waals surface area contributed by atoms with Crippen LogP contribution in [0.3, 0.4) is 0 Å². The van der Waals surface area contributed by atoms with Gasteiger partial charge in [0.15, 0.2) is 16.6 Å². The normalized spacial score (nSPS) is 16.5. The van der Waals surface area contributed by atoms with E-state index in [9.17, 15) is 19.8 Å². The monoisotopic (exact) mass is 542 g/mol. The number of ketones is 1. The maximum atomic E-state index is 13.3. The van der Waals surface area contributed by atoms with Gasteiger partial charge in [0.05, 0.1) is 18.2 Å². The molecule has 1 atom stereocenters. The summed E-state index contributed by atoms with van der Waals surface area (Å²) in [6.07, 6.45) is 1.54. The molecule has 9 heteroatoms. The maximum absolute atomic E-state index is 13.3. The number of rotatable bonds is 8.